The van der Waals surface area contributed by atoms with E-state index in [0.717, 1.165) is 6.42 Å². The first-order valence-electron chi connectivity index (χ1n) is 5.07. The summed E-state index contributed by atoms with van der Waals surface area (Å²) in [7, 11) is 1.88. The van der Waals surface area contributed by atoms with Crippen LogP contribution >= 0.6 is 11.3 Å². The van der Waals surface area contributed by atoms with Crippen LogP contribution in [-0.2, 0) is 6.42 Å². The molecular weight excluding hydrogens is 206 g/mol. The van der Waals surface area contributed by atoms with Crippen molar-refractivity contribution in [3.8, 4) is 0 Å². The summed E-state index contributed by atoms with van der Waals surface area (Å²) in [6.07, 6.45) is 0.876. The predicted molar refractivity (Wildman–Crippen MR) is 65.5 cm³/mol. The fourth-order valence-corrected chi connectivity index (χ4v) is 2.52. The molecule has 0 aliphatic rings. The highest BCUT2D eigenvalue weighted by atomic mass is 32.1. The monoisotopic (exact) mass is 221 g/mol. The van der Waals surface area contributed by atoms with Crippen molar-refractivity contribution in [2.24, 2.45) is 0 Å². The second kappa shape index (κ2) is 4.75. The molecule has 0 bridgehead atoms. The van der Waals surface area contributed by atoms with Gasteiger partial charge in [0.05, 0.1) is 6.61 Å². The van der Waals surface area contributed by atoms with E-state index in [1.807, 2.05) is 7.05 Å². The molecule has 2 aromatic rings. The zero-order chi connectivity index (χ0) is 10.7. The Morgan fingerprint density at radius 1 is 1.40 bits per heavy atom. The molecule has 0 saturated heterocycles. The fraction of sp³-hybridized carbons (Fsp3) is 0.333. The summed E-state index contributed by atoms with van der Waals surface area (Å²) >= 11 is 1.76. The number of thiophene rings is 1. The Kier molecular flexibility index (Phi) is 3.36. The van der Waals surface area contributed by atoms with Crippen molar-refractivity contribution < 1.29 is 5.11 Å². The summed E-state index contributed by atoms with van der Waals surface area (Å²) in [5, 5.41) is 15.6. The van der Waals surface area contributed by atoms with Crippen LogP contribution in [0.5, 0.6) is 0 Å². The Morgan fingerprint density at radius 3 is 3.00 bits per heavy atom. The number of nitrogens with one attached hydrogen (secondary N) is 1. The maximum absolute atomic E-state index is 9.10. The van der Waals surface area contributed by atoms with Gasteiger partial charge in [-0.15, -0.1) is 11.3 Å². The standard InChI is InChI=1S/C12H15NOS/c1-13-11(8-14)6-9-2-3-10-4-5-15-12(10)7-9/h2-5,7,11,13-14H,6,8H2,1H3. The number of benzene rings is 1. The molecule has 1 aromatic heterocycles. The average molecular weight is 221 g/mol. The molecule has 0 saturated carbocycles. The normalized spacial score (nSPS) is 13.2. The highest BCUT2D eigenvalue weighted by molar-refractivity contribution is 7.17. The Morgan fingerprint density at radius 2 is 2.27 bits per heavy atom. The summed E-state index contributed by atoms with van der Waals surface area (Å²) in [6, 6.07) is 8.77. The zero-order valence-corrected chi connectivity index (χ0v) is 9.55. The van der Waals surface area contributed by atoms with Gasteiger partial charge >= 0.3 is 0 Å². The fourth-order valence-electron chi connectivity index (χ4n) is 1.67. The van der Waals surface area contributed by atoms with E-state index in [4.69, 9.17) is 5.11 Å². The Labute approximate surface area is 93.6 Å². The van der Waals surface area contributed by atoms with Crippen molar-refractivity contribution in [1.29, 1.82) is 0 Å². The van der Waals surface area contributed by atoms with Crippen LogP contribution < -0.4 is 5.32 Å². The molecule has 0 fully saturated rings. The molecule has 2 nitrogen and oxygen atoms in total. The largest absolute Gasteiger partial charge is 0.395 e. The van der Waals surface area contributed by atoms with Gasteiger partial charge < -0.3 is 10.4 Å². The first kappa shape index (κ1) is 10.6. The molecular formula is C12H15NOS. The van der Waals surface area contributed by atoms with Crippen LogP contribution in [0.25, 0.3) is 10.1 Å². The first-order chi connectivity index (χ1) is 7.33. The van der Waals surface area contributed by atoms with Crippen molar-refractivity contribution in [2.75, 3.05) is 13.7 Å². The second-order valence-electron chi connectivity index (χ2n) is 3.67. The van der Waals surface area contributed by atoms with Crippen molar-refractivity contribution in [2.45, 2.75) is 12.5 Å². The second-order valence-corrected chi connectivity index (χ2v) is 4.61. The SMILES string of the molecule is CNC(CO)Cc1ccc2ccsc2c1. The number of hydrogen-bond donors (Lipinski definition) is 2. The van der Waals surface area contributed by atoms with Crippen molar-refractivity contribution >= 4 is 21.4 Å². The maximum Gasteiger partial charge on any atom is 0.0587 e. The van der Waals surface area contributed by atoms with E-state index in [0.29, 0.717) is 0 Å². The molecule has 15 heavy (non-hydrogen) atoms. The molecule has 1 unspecified atom stereocenters. The van der Waals surface area contributed by atoms with Gasteiger partial charge in [-0.1, -0.05) is 12.1 Å². The number of likely N-dealkylation sites (N-methyl/N-ethyl adjacent to an activating group) is 1. The molecule has 2 rings (SSSR count). The van der Waals surface area contributed by atoms with E-state index >= 15 is 0 Å². The highest BCUT2D eigenvalue weighted by Gasteiger charge is 2.06. The first-order valence-corrected chi connectivity index (χ1v) is 5.95. The van der Waals surface area contributed by atoms with E-state index in [-0.39, 0.29) is 12.6 Å². The van der Waals surface area contributed by atoms with Crippen LogP contribution in [0.15, 0.2) is 29.6 Å². The lowest BCUT2D eigenvalue weighted by atomic mass is 10.1. The number of aliphatic hydroxyl groups excluding tert-OH is 1. The van der Waals surface area contributed by atoms with Crippen molar-refractivity contribution in [3.05, 3.63) is 35.2 Å². The Bertz CT molecular complexity index is 434. The van der Waals surface area contributed by atoms with Gasteiger partial charge in [0.15, 0.2) is 0 Å². The number of fused-ring (bicyclic) bond motifs is 1. The lowest BCUT2D eigenvalue weighted by Gasteiger charge is -2.12. The van der Waals surface area contributed by atoms with Gasteiger partial charge in [0.25, 0.3) is 0 Å². The number of rotatable bonds is 4. The third-order valence-corrected chi connectivity index (χ3v) is 3.51. The molecule has 1 aromatic carbocycles. The summed E-state index contributed by atoms with van der Waals surface area (Å²) in [6.45, 7) is 0.180. The van der Waals surface area contributed by atoms with Crippen LogP contribution in [0.2, 0.25) is 0 Å². The van der Waals surface area contributed by atoms with E-state index in [1.165, 1.54) is 15.6 Å². The average Bonchev–Trinajstić information content (AvgIpc) is 2.73. The van der Waals surface area contributed by atoms with Gasteiger partial charge in [-0.25, -0.2) is 0 Å². The molecule has 2 N–H and O–H groups in total. The van der Waals surface area contributed by atoms with Crippen molar-refractivity contribution in [1.82, 2.24) is 5.32 Å². The molecule has 0 amide bonds. The molecule has 0 aliphatic carbocycles. The van der Waals surface area contributed by atoms with E-state index in [1.54, 1.807) is 11.3 Å². The lowest BCUT2D eigenvalue weighted by Crippen LogP contribution is -2.31. The minimum Gasteiger partial charge on any atom is -0.395 e. The lowest BCUT2D eigenvalue weighted by molar-refractivity contribution is 0.248. The molecule has 0 aliphatic heterocycles. The topological polar surface area (TPSA) is 32.3 Å². The van der Waals surface area contributed by atoms with Crippen molar-refractivity contribution in [3.63, 3.8) is 0 Å². The minimum absolute atomic E-state index is 0.155. The van der Waals surface area contributed by atoms with Gasteiger partial charge in [0, 0.05) is 10.7 Å². The van der Waals surface area contributed by atoms with E-state index < -0.39 is 0 Å². The molecule has 80 valence electrons. The Balaban J connectivity index is 2.20. The number of aliphatic hydroxyl groups is 1. The number of hydrogen-bond acceptors (Lipinski definition) is 3. The van der Waals surface area contributed by atoms with Gasteiger partial charge in [0.1, 0.15) is 0 Å². The van der Waals surface area contributed by atoms with Gasteiger partial charge in [-0.2, -0.15) is 0 Å². The third kappa shape index (κ3) is 2.37. The smallest absolute Gasteiger partial charge is 0.0587 e. The summed E-state index contributed by atoms with van der Waals surface area (Å²) in [4.78, 5) is 0. The van der Waals surface area contributed by atoms with Crippen LogP contribution in [0.1, 0.15) is 5.56 Å². The van der Waals surface area contributed by atoms with Crippen LogP contribution in [0.4, 0.5) is 0 Å². The summed E-state index contributed by atoms with van der Waals surface area (Å²) < 4.78 is 1.32. The highest BCUT2D eigenvalue weighted by Crippen LogP contribution is 2.22. The molecule has 3 heteroatoms. The summed E-state index contributed by atoms with van der Waals surface area (Å²) in [5.41, 5.74) is 1.28. The van der Waals surface area contributed by atoms with Gasteiger partial charge in [0.2, 0.25) is 0 Å². The van der Waals surface area contributed by atoms with E-state index in [9.17, 15) is 0 Å². The minimum atomic E-state index is 0.155. The maximum atomic E-state index is 9.10. The molecule has 1 heterocycles. The molecule has 0 radical (unpaired) electrons. The van der Waals surface area contributed by atoms with Crippen LogP contribution in [0.3, 0.4) is 0 Å². The van der Waals surface area contributed by atoms with Crippen LogP contribution in [-0.4, -0.2) is 24.8 Å². The quantitative estimate of drug-likeness (QED) is 0.828. The zero-order valence-electron chi connectivity index (χ0n) is 8.73. The van der Waals surface area contributed by atoms with E-state index in [2.05, 4.69) is 35.0 Å². The van der Waals surface area contributed by atoms with Gasteiger partial charge in [-0.05, 0) is 41.9 Å². The molecule has 1 atom stereocenters. The van der Waals surface area contributed by atoms with Crippen LogP contribution in [0, 0.1) is 0 Å². The Hall–Kier alpha value is -0.900. The molecule has 0 spiro atoms. The third-order valence-electron chi connectivity index (χ3n) is 2.63. The van der Waals surface area contributed by atoms with Gasteiger partial charge in [-0.3, -0.25) is 0 Å². The summed E-state index contributed by atoms with van der Waals surface area (Å²) in [5.74, 6) is 0. The predicted octanol–water partition coefficient (Wildman–Crippen LogP) is 2.02.